The van der Waals surface area contributed by atoms with Gasteiger partial charge in [-0.25, -0.2) is 0 Å². The zero-order valence-corrected chi connectivity index (χ0v) is 14.7. The third-order valence-corrected chi connectivity index (χ3v) is 3.93. The molecule has 6 nitrogen and oxygen atoms in total. The van der Waals surface area contributed by atoms with Gasteiger partial charge in [0.25, 0.3) is 11.8 Å². The average molecular weight is 342 g/mol. The summed E-state index contributed by atoms with van der Waals surface area (Å²) in [5.74, 6) is 1.46. The van der Waals surface area contributed by atoms with Gasteiger partial charge < -0.3 is 14.5 Å². The molecule has 0 unspecified atom stereocenters. The van der Waals surface area contributed by atoms with E-state index in [2.05, 4.69) is 5.32 Å². The smallest absolute Gasteiger partial charge is 0.287 e. The number of hydrogen-bond donors (Lipinski definition) is 1. The van der Waals surface area contributed by atoms with Crippen molar-refractivity contribution in [1.29, 1.82) is 0 Å². The molecule has 0 bridgehead atoms. The predicted molar refractivity (Wildman–Crippen MR) is 93.7 cm³/mol. The van der Waals surface area contributed by atoms with Crippen molar-refractivity contribution >= 4 is 17.5 Å². The number of hydrogen-bond acceptors (Lipinski definition) is 4. The molecule has 0 spiro atoms. The molecular weight excluding hydrogens is 320 g/mol. The molecule has 0 saturated heterocycles. The van der Waals surface area contributed by atoms with Gasteiger partial charge in [0.05, 0.1) is 12.2 Å². The molecule has 6 heteroatoms. The van der Waals surface area contributed by atoms with Gasteiger partial charge in [-0.3, -0.25) is 14.5 Å². The number of rotatable bonds is 5. The van der Waals surface area contributed by atoms with Gasteiger partial charge in [-0.15, -0.1) is 0 Å². The fourth-order valence-electron chi connectivity index (χ4n) is 2.61. The first-order valence-electron chi connectivity index (χ1n) is 8.35. The number of nitrogens with one attached hydrogen (secondary N) is 1. The van der Waals surface area contributed by atoms with Gasteiger partial charge >= 0.3 is 0 Å². The Morgan fingerprint density at radius 1 is 1.28 bits per heavy atom. The Morgan fingerprint density at radius 2 is 2.08 bits per heavy atom. The van der Waals surface area contributed by atoms with Gasteiger partial charge in [0.2, 0.25) is 0 Å². The number of fused-ring (bicyclic) bond motifs is 1. The van der Waals surface area contributed by atoms with Gasteiger partial charge in [-0.2, -0.15) is 0 Å². The van der Waals surface area contributed by atoms with E-state index in [1.54, 1.807) is 17.0 Å². The Morgan fingerprint density at radius 3 is 2.84 bits per heavy atom. The van der Waals surface area contributed by atoms with E-state index in [0.717, 1.165) is 11.3 Å². The van der Waals surface area contributed by atoms with Crippen molar-refractivity contribution in [2.24, 2.45) is 5.92 Å². The number of nitrogens with zero attached hydrogens (tertiary/aromatic N) is 1. The summed E-state index contributed by atoms with van der Waals surface area (Å²) in [7, 11) is 0. The van der Waals surface area contributed by atoms with Gasteiger partial charge in [-0.05, 0) is 42.7 Å². The molecule has 0 atom stereocenters. The summed E-state index contributed by atoms with van der Waals surface area (Å²) < 4.78 is 11.1. The molecule has 3 rings (SSSR count). The maximum atomic E-state index is 12.3. The van der Waals surface area contributed by atoms with E-state index in [9.17, 15) is 9.59 Å². The Labute approximate surface area is 146 Å². The van der Waals surface area contributed by atoms with Crippen LogP contribution in [0.1, 0.15) is 35.7 Å². The van der Waals surface area contributed by atoms with Gasteiger partial charge in [-0.1, -0.05) is 19.9 Å². The second-order valence-electron chi connectivity index (χ2n) is 6.61. The lowest BCUT2D eigenvalue weighted by atomic mass is 10.1. The highest BCUT2D eigenvalue weighted by molar-refractivity contribution is 5.97. The second kappa shape index (κ2) is 7.01. The van der Waals surface area contributed by atoms with Crippen LogP contribution >= 0.6 is 0 Å². The standard InChI is InChI=1S/C19H22N2O4/c1-12(2)9-20-19(23)17-7-5-14(25-17)10-21-15-8-13(3)4-6-16(15)24-11-18(21)22/h4-8,12H,9-11H2,1-3H3,(H,20,23). The fraction of sp³-hybridized carbons (Fsp3) is 0.368. The number of amides is 2. The van der Waals surface area contributed by atoms with E-state index in [1.165, 1.54) is 0 Å². The molecule has 0 aliphatic carbocycles. The molecule has 2 aromatic rings. The molecule has 2 amide bonds. The molecule has 1 aromatic heterocycles. The molecular formula is C19H22N2O4. The number of aryl methyl sites for hydroxylation is 1. The van der Waals surface area contributed by atoms with Crippen LogP contribution in [0.2, 0.25) is 0 Å². The van der Waals surface area contributed by atoms with Crippen molar-refractivity contribution < 1.29 is 18.7 Å². The molecule has 0 saturated carbocycles. The highest BCUT2D eigenvalue weighted by atomic mass is 16.5. The van der Waals surface area contributed by atoms with Gasteiger partial charge in [0.1, 0.15) is 11.5 Å². The normalized spacial score (nSPS) is 13.6. The van der Waals surface area contributed by atoms with Crippen molar-refractivity contribution in [3.8, 4) is 5.75 Å². The summed E-state index contributed by atoms with van der Waals surface area (Å²) in [4.78, 5) is 26.0. The summed E-state index contributed by atoms with van der Waals surface area (Å²) in [5, 5.41) is 2.81. The zero-order valence-electron chi connectivity index (χ0n) is 14.7. The maximum absolute atomic E-state index is 12.3. The minimum absolute atomic E-state index is 0.00149. The predicted octanol–water partition coefficient (Wildman–Crippen LogP) is 2.90. The lowest BCUT2D eigenvalue weighted by Crippen LogP contribution is -2.38. The first-order valence-corrected chi connectivity index (χ1v) is 8.35. The topological polar surface area (TPSA) is 71.8 Å². The summed E-state index contributed by atoms with van der Waals surface area (Å²) in [6.07, 6.45) is 0. The number of anilines is 1. The third-order valence-electron chi connectivity index (χ3n) is 3.93. The van der Waals surface area contributed by atoms with Crippen LogP contribution in [0, 0.1) is 12.8 Å². The summed E-state index contributed by atoms with van der Waals surface area (Å²) in [5.41, 5.74) is 1.76. The summed E-state index contributed by atoms with van der Waals surface area (Å²) in [6.45, 7) is 6.86. The van der Waals surface area contributed by atoms with E-state index in [-0.39, 0.29) is 30.7 Å². The van der Waals surface area contributed by atoms with Crippen LogP contribution in [-0.4, -0.2) is 25.0 Å². The largest absolute Gasteiger partial charge is 0.482 e. The van der Waals surface area contributed by atoms with Crippen LogP contribution in [0.15, 0.2) is 34.7 Å². The molecule has 0 fully saturated rings. The number of ether oxygens (including phenoxy) is 1. The van der Waals surface area contributed by atoms with Crippen LogP contribution in [0.25, 0.3) is 0 Å². The van der Waals surface area contributed by atoms with E-state index in [4.69, 9.17) is 9.15 Å². The first-order chi connectivity index (χ1) is 11.9. The SMILES string of the molecule is Cc1ccc2c(c1)N(Cc1ccc(C(=O)NCC(C)C)o1)C(=O)CO2. The average Bonchev–Trinajstić information content (AvgIpc) is 3.04. The van der Waals surface area contributed by atoms with Crippen LogP contribution in [0.3, 0.4) is 0 Å². The van der Waals surface area contributed by atoms with Crippen LogP contribution in [-0.2, 0) is 11.3 Å². The Hall–Kier alpha value is -2.76. The Balaban J connectivity index is 1.76. The third kappa shape index (κ3) is 3.84. The minimum atomic E-state index is -0.246. The fourth-order valence-corrected chi connectivity index (χ4v) is 2.61. The first kappa shape index (κ1) is 17.1. The van der Waals surface area contributed by atoms with Crippen LogP contribution in [0.4, 0.5) is 5.69 Å². The number of furan rings is 1. The van der Waals surface area contributed by atoms with E-state index in [1.807, 2.05) is 39.0 Å². The Bertz CT molecular complexity index is 794. The molecule has 1 N–H and O–H groups in total. The molecule has 25 heavy (non-hydrogen) atoms. The molecule has 2 heterocycles. The van der Waals surface area contributed by atoms with E-state index in [0.29, 0.717) is 24.0 Å². The van der Waals surface area contributed by atoms with Crippen molar-refractivity contribution in [1.82, 2.24) is 5.32 Å². The molecule has 0 radical (unpaired) electrons. The minimum Gasteiger partial charge on any atom is -0.482 e. The lowest BCUT2D eigenvalue weighted by molar-refractivity contribution is -0.121. The second-order valence-corrected chi connectivity index (χ2v) is 6.61. The van der Waals surface area contributed by atoms with Crippen molar-refractivity contribution in [3.63, 3.8) is 0 Å². The van der Waals surface area contributed by atoms with Crippen molar-refractivity contribution in [2.75, 3.05) is 18.1 Å². The number of benzene rings is 1. The maximum Gasteiger partial charge on any atom is 0.287 e. The Kier molecular flexibility index (Phi) is 4.79. The molecule has 1 aliphatic rings. The highest BCUT2D eigenvalue weighted by Gasteiger charge is 2.27. The van der Waals surface area contributed by atoms with Gasteiger partial charge in [0.15, 0.2) is 12.4 Å². The van der Waals surface area contributed by atoms with Crippen molar-refractivity contribution in [2.45, 2.75) is 27.3 Å². The van der Waals surface area contributed by atoms with E-state index < -0.39 is 0 Å². The van der Waals surface area contributed by atoms with Crippen molar-refractivity contribution in [3.05, 3.63) is 47.4 Å². The van der Waals surface area contributed by atoms with Crippen LogP contribution in [0.5, 0.6) is 5.75 Å². The zero-order chi connectivity index (χ0) is 18.0. The highest BCUT2D eigenvalue weighted by Crippen LogP contribution is 2.34. The lowest BCUT2D eigenvalue weighted by Gasteiger charge is -2.29. The summed E-state index contributed by atoms with van der Waals surface area (Å²) >= 11 is 0. The summed E-state index contributed by atoms with van der Waals surface area (Å²) in [6, 6.07) is 9.06. The van der Waals surface area contributed by atoms with Crippen LogP contribution < -0.4 is 15.0 Å². The van der Waals surface area contributed by atoms with E-state index >= 15 is 0 Å². The molecule has 1 aliphatic heterocycles. The quantitative estimate of drug-likeness (QED) is 0.907. The molecule has 132 valence electrons. The monoisotopic (exact) mass is 342 g/mol. The molecule has 1 aromatic carbocycles. The van der Waals surface area contributed by atoms with Gasteiger partial charge in [0, 0.05) is 6.54 Å². The number of carbonyl (C=O) groups excluding carboxylic acids is 2. The number of carbonyl (C=O) groups is 2.